The Morgan fingerprint density at radius 1 is 1.10 bits per heavy atom. The number of ether oxygens (including phenoxy) is 2. The average molecular weight is 398 g/mol. The van der Waals surface area contributed by atoms with Crippen LogP contribution in [-0.4, -0.2) is 28.7 Å². The molecule has 0 unspecified atom stereocenters. The molecule has 0 saturated heterocycles. The molecule has 2 aromatic carbocycles. The molecular formula is C21H22N2O6. The highest BCUT2D eigenvalue weighted by molar-refractivity contribution is 5.90. The number of nitrogens with zero attached hydrogens (tertiary/aromatic N) is 1. The fourth-order valence-electron chi connectivity index (χ4n) is 3.20. The summed E-state index contributed by atoms with van der Waals surface area (Å²) in [5.74, 6) is -0.617. The van der Waals surface area contributed by atoms with Crippen LogP contribution in [0.15, 0.2) is 48.5 Å². The van der Waals surface area contributed by atoms with E-state index in [0.717, 1.165) is 11.1 Å². The predicted octanol–water partition coefficient (Wildman–Crippen LogP) is 3.94. The average Bonchev–Trinajstić information content (AvgIpc) is 2.97. The van der Waals surface area contributed by atoms with Gasteiger partial charge >= 0.3 is 12.1 Å². The van der Waals surface area contributed by atoms with Crippen molar-refractivity contribution in [3.05, 3.63) is 75.3 Å². The smallest absolute Gasteiger partial charge is 0.408 e. The van der Waals surface area contributed by atoms with E-state index in [-0.39, 0.29) is 11.3 Å². The van der Waals surface area contributed by atoms with E-state index >= 15 is 0 Å². The summed E-state index contributed by atoms with van der Waals surface area (Å²) in [5.41, 5.74) is 1.25. The van der Waals surface area contributed by atoms with Crippen LogP contribution >= 0.6 is 0 Å². The van der Waals surface area contributed by atoms with Gasteiger partial charge in [0.25, 0.3) is 5.69 Å². The van der Waals surface area contributed by atoms with E-state index in [1.54, 1.807) is 20.8 Å². The molecule has 2 aromatic rings. The zero-order chi connectivity index (χ0) is 21.2. The number of non-ortho nitro benzene ring substituents is 1. The lowest BCUT2D eigenvalue weighted by molar-refractivity contribution is -0.384. The van der Waals surface area contributed by atoms with Crippen LogP contribution in [0.3, 0.4) is 0 Å². The topological polar surface area (TPSA) is 108 Å². The molecular weight excluding hydrogens is 376 g/mol. The van der Waals surface area contributed by atoms with Gasteiger partial charge in [0.2, 0.25) is 0 Å². The zero-order valence-corrected chi connectivity index (χ0v) is 16.4. The number of hydrogen-bond donors (Lipinski definition) is 1. The van der Waals surface area contributed by atoms with Crippen molar-refractivity contribution < 1.29 is 24.0 Å². The number of esters is 1. The Morgan fingerprint density at radius 3 is 2.38 bits per heavy atom. The number of amides is 1. The highest BCUT2D eigenvalue weighted by atomic mass is 16.6. The normalized spacial score (nSPS) is 17.9. The minimum absolute atomic E-state index is 0.112. The van der Waals surface area contributed by atoms with Crippen molar-refractivity contribution in [2.45, 2.75) is 44.9 Å². The van der Waals surface area contributed by atoms with E-state index in [9.17, 15) is 19.7 Å². The molecule has 0 aliphatic heterocycles. The summed E-state index contributed by atoms with van der Waals surface area (Å²) in [6.07, 6.45) is -0.784. The van der Waals surface area contributed by atoms with E-state index in [4.69, 9.17) is 9.47 Å². The largest absolute Gasteiger partial charge is 0.456 e. The van der Waals surface area contributed by atoms with Crippen molar-refractivity contribution in [2.75, 3.05) is 0 Å². The monoisotopic (exact) mass is 398 g/mol. The van der Waals surface area contributed by atoms with Gasteiger partial charge in [-0.2, -0.15) is 0 Å². The number of nitrogens with one attached hydrogen (secondary N) is 1. The number of carbonyl (C=O) groups excluding carboxylic acids is 2. The molecule has 152 valence electrons. The zero-order valence-electron chi connectivity index (χ0n) is 16.4. The van der Waals surface area contributed by atoms with Crippen molar-refractivity contribution in [1.82, 2.24) is 5.32 Å². The molecule has 1 aliphatic carbocycles. The molecule has 0 spiro atoms. The molecule has 0 aromatic heterocycles. The summed E-state index contributed by atoms with van der Waals surface area (Å²) < 4.78 is 11.0. The minimum Gasteiger partial charge on any atom is -0.456 e. The first kappa shape index (κ1) is 20.3. The van der Waals surface area contributed by atoms with Gasteiger partial charge in [-0.05, 0) is 44.0 Å². The number of alkyl carbamates (subject to hydrolysis) is 1. The maximum Gasteiger partial charge on any atom is 0.408 e. The van der Waals surface area contributed by atoms with E-state index in [1.807, 2.05) is 24.3 Å². The first-order valence-corrected chi connectivity index (χ1v) is 9.17. The number of benzene rings is 2. The van der Waals surface area contributed by atoms with Gasteiger partial charge in [0.15, 0.2) is 0 Å². The third-order valence-corrected chi connectivity index (χ3v) is 4.43. The molecule has 0 bridgehead atoms. The van der Waals surface area contributed by atoms with Gasteiger partial charge in [-0.1, -0.05) is 24.3 Å². The Kier molecular flexibility index (Phi) is 5.54. The van der Waals surface area contributed by atoms with Gasteiger partial charge in [0, 0.05) is 18.6 Å². The van der Waals surface area contributed by atoms with Crippen molar-refractivity contribution >= 4 is 17.7 Å². The molecule has 1 N–H and O–H groups in total. The van der Waals surface area contributed by atoms with Crippen LogP contribution in [0.25, 0.3) is 0 Å². The quantitative estimate of drug-likeness (QED) is 0.475. The predicted molar refractivity (Wildman–Crippen MR) is 105 cm³/mol. The van der Waals surface area contributed by atoms with Crippen molar-refractivity contribution in [3.8, 4) is 0 Å². The minimum atomic E-state index is -0.660. The number of nitro benzene ring substituents is 1. The van der Waals surface area contributed by atoms with Gasteiger partial charge in [0.05, 0.1) is 16.5 Å². The van der Waals surface area contributed by atoms with Gasteiger partial charge in [-0.3, -0.25) is 10.1 Å². The fourth-order valence-corrected chi connectivity index (χ4v) is 3.20. The summed E-state index contributed by atoms with van der Waals surface area (Å²) >= 11 is 0. The van der Waals surface area contributed by atoms with Gasteiger partial charge in [-0.25, -0.2) is 9.59 Å². The molecule has 1 amide bonds. The van der Waals surface area contributed by atoms with Crippen LogP contribution in [0.5, 0.6) is 0 Å². The Hall–Kier alpha value is -3.42. The van der Waals surface area contributed by atoms with E-state index < -0.39 is 34.7 Å². The second-order valence-corrected chi connectivity index (χ2v) is 7.77. The molecule has 0 fully saturated rings. The van der Waals surface area contributed by atoms with Crippen LogP contribution in [0.4, 0.5) is 10.5 Å². The van der Waals surface area contributed by atoms with Gasteiger partial charge in [-0.15, -0.1) is 0 Å². The summed E-state index contributed by atoms with van der Waals surface area (Å²) in [5, 5.41) is 13.6. The Bertz CT molecular complexity index is 933. The first-order chi connectivity index (χ1) is 13.6. The standard InChI is InChI=1S/C21H22N2O6/c1-21(2,3)29-20(25)22-18-16-7-5-4-6-14(16)12-17(18)28-19(24)13-8-10-15(11-9-13)23(26)27/h4-11,17-18H,12H2,1-3H3,(H,22,25)/t17-,18-/m1/s1. The maximum atomic E-state index is 12.6. The van der Waals surface area contributed by atoms with Gasteiger partial charge in [0.1, 0.15) is 11.7 Å². The van der Waals surface area contributed by atoms with E-state index in [2.05, 4.69) is 5.32 Å². The van der Waals surface area contributed by atoms with E-state index in [1.165, 1.54) is 24.3 Å². The van der Waals surface area contributed by atoms with E-state index in [0.29, 0.717) is 6.42 Å². The lowest BCUT2D eigenvalue weighted by Crippen LogP contribution is -2.39. The molecule has 0 radical (unpaired) electrons. The second-order valence-electron chi connectivity index (χ2n) is 7.77. The number of carbonyl (C=O) groups is 2. The highest BCUT2D eigenvalue weighted by Crippen LogP contribution is 2.34. The second kappa shape index (κ2) is 7.90. The van der Waals surface area contributed by atoms with Crippen molar-refractivity contribution in [3.63, 3.8) is 0 Å². The van der Waals surface area contributed by atoms with Crippen molar-refractivity contribution in [1.29, 1.82) is 0 Å². The third-order valence-electron chi connectivity index (χ3n) is 4.43. The maximum absolute atomic E-state index is 12.6. The van der Waals surface area contributed by atoms with Crippen LogP contribution in [-0.2, 0) is 15.9 Å². The van der Waals surface area contributed by atoms with Crippen LogP contribution in [0.2, 0.25) is 0 Å². The summed E-state index contributed by atoms with van der Waals surface area (Å²) in [6.45, 7) is 5.30. The van der Waals surface area contributed by atoms with Crippen LogP contribution < -0.4 is 5.32 Å². The summed E-state index contributed by atoms with van der Waals surface area (Å²) in [6, 6.07) is 12.1. The third kappa shape index (κ3) is 4.90. The number of hydrogen-bond acceptors (Lipinski definition) is 6. The number of nitro groups is 1. The lowest BCUT2D eigenvalue weighted by atomic mass is 10.1. The fraction of sp³-hybridized carbons (Fsp3) is 0.333. The SMILES string of the molecule is CC(C)(C)OC(=O)N[C@@H]1c2ccccc2C[C@H]1OC(=O)c1ccc([N+](=O)[O-])cc1. The Labute approximate surface area is 168 Å². The molecule has 2 atom stereocenters. The summed E-state index contributed by atoms with van der Waals surface area (Å²) in [4.78, 5) is 35.1. The lowest BCUT2D eigenvalue weighted by Gasteiger charge is -2.25. The highest BCUT2D eigenvalue weighted by Gasteiger charge is 2.37. The van der Waals surface area contributed by atoms with Crippen molar-refractivity contribution in [2.24, 2.45) is 0 Å². The van der Waals surface area contributed by atoms with Crippen LogP contribution in [0, 0.1) is 10.1 Å². The van der Waals surface area contributed by atoms with Crippen LogP contribution in [0.1, 0.15) is 48.3 Å². The summed E-state index contributed by atoms with van der Waals surface area (Å²) in [7, 11) is 0. The number of rotatable bonds is 4. The molecule has 0 heterocycles. The Balaban J connectivity index is 1.77. The first-order valence-electron chi connectivity index (χ1n) is 9.17. The number of fused-ring (bicyclic) bond motifs is 1. The molecule has 8 heteroatoms. The molecule has 1 aliphatic rings. The molecule has 29 heavy (non-hydrogen) atoms. The van der Waals surface area contributed by atoms with Gasteiger partial charge < -0.3 is 14.8 Å². The molecule has 3 rings (SSSR count). The Morgan fingerprint density at radius 2 is 1.76 bits per heavy atom. The molecule has 0 saturated carbocycles. The molecule has 8 nitrogen and oxygen atoms in total.